The van der Waals surface area contributed by atoms with Gasteiger partial charge in [0.25, 0.3) is 0 Å². The van der Waals surface area contributed by atoms with Crippen LogP contribution in [0.4, 0.5) is 13.2 Å². The Morgan fingerprint density at radius 1 is 1.05 bits per heavy atom. The standard InChI is InChI=1S/C16H14F3NO2/c1-12-6-2-3-7-13(12)10-20-21-11-14-8-4-5-9-15(14)22-16(17,18)19/h2-10H,11H2,1H3. The minimum atomic E-state index is -4.74. The van der Waals surface area contributed by atoms with Gasteiger partial charge in [-0.15, -0.1) is 13.2 Å². The quantitative estimate of drug-likeness (QED) is 0.603. The third-order valence-electron chi connectivity index (χ3n) is 2.87. The molecular weight excluding hydrogens is 295 g/mol. The van der Waals surface area contributed by atoms with Crippen molar-refractivity contribution < 1.29 is 22.7 Å². The average molecular weight is 309 g/mol. The number of ether oxygens (including phenoxy) is 1. The van der Waals surface area contributed by atoms with Crippen LogP contribution in [0.15, 0.2) is 53.7 Å². The van der Waals surface area contributed by atoms with Crippen molar-refractivity contribution in [2.24, 2.45) is 5.16 Å². The Morgan fingerprint density at radius 2 is 1.73 bits per heavy atom. The van der Waals surface area contributed by atoms with E-state index in [1.807, 2.05) is 31.2 Å². The molecule has 6 heteroatoms. The Morgan fingerprint density at radius 3 is 2.45 bits per heavy atom. The van der Waals surface area contributed by atoms with Crippen molar-refractivity contribution >= 4 is 6.21 Å². The second-order valence-corrected chi connectivity index (χ2v) is 4.52. The van der Waals surface area contributed by atoms with Gasteiger partial charge in [-0.1, -0.05) is 47.6 Å². The lowest BCUT2D eigenvalue weighted by atomic mass is 10.1. The Kier molecular flexibility index (Phi) is 5.04. The highest BCUT2D eigenvalue weighted by Crippen LogP contribution is 2.26. The number of hydrogen-bond acceptors (Lipinski definition) is 3. The molecule has 0 heterocycles. The van der Waals surface area contributed by atoms with E-state index in [1.54, 1.807) is 6.07 Å². The van der Waals surface area contributed by atoms with E-state index in [2.05, 4.69) is 9.89 Å². The molecule has 0 fully saturated rings. The van der Waals surface area contributed by atoms with Crippen LogP contribution in [0.2, 0.25) is 0 Å². The molecule has 0 amide bonds. The van der Waals surface area contributed by atoms with E-state index < -0.39 is 6.36 Å². The van der Waals surface area contributed by atoms with Crippen molar-refractivity contribution in [3.63, 3.8) is 0 Å². The monoisotopic (exact) mass is 309 g/mol. The maximum Gasteiger partial charge on any atom is 0.573 e. The van der Waals surface area contributed by atoms with Crippen molar-refractivity contribution in [3.8, 4) is 5.75 Å². The fourth-order valence-corrected chi connectivity index (χ4v) is 1.78. The van der Waals surface area contributed by atoms with Gasteiger partial charge in [-0.05, 0) is 24.1 Å². The number of rotatable bonds is 5. The third kappa shape index (κ3) is 4.80. The van der Waals surface area contributed by atoms with Crippen LogP contribution in [0.1, 0.15) is 16.7 Å². The molecule has 0 aromatic heterocycles. The van der Waals surface area contributed by atoms with E-state index in [-0.39, 0.29) is 17.9 Å². The molecule has 116 valence electrons. The zero-order valence-electron chi connectivity index (χ0n) is 11.8. The Hall–Kier alpha value is -2.50. The van der Waals surface area contributed by atoms with Crippen molar-refractivity contribution in [3.05, 3.63) is 65.2 Å². The molecule has 0 aliphatic rings. The van der Waals surface area contributed by atoms with Gasteiger partial charge in [0.05, 0.1) is 6.21 Å². The first-order valence-electron chi connectivity index (χ1n) is 6.50. The summed E-state index contributed by atoms with van der Waals surface area (Å²) in [6.07, 6.45) is -3.22. The zero-order valence-corrected chi connectivity index (χ0v) is 11.8. The SMILES string of the molecule is Cc1ccccc1C=NOCc1ccccc1OC(F)(F)F. The van der Waals surface area contributed by atoms with E-state index in [0.717, 1.165) is 11.1 Å². The summed E-state index contributed by atoms with van der Waals surface area (Å²) < 4.78 is 40.8. The van der Waals surface area contributed by atoms with Gasteiger partial charge in [0.15, 0.2) is 0 Å². The number of aryl methyl sites for hydroxylation is 1. The van der Waals surface area contributed by atoms with Gasteiger partial charge in [0, 0.05) is 5.56 Å². The topological polar surface area (TPSA) is 30.8 Å². The fraction of sp³-hybridized carbons (Fsp3) is 0.188. The molecule has 0 bridgehead atoms. The maximum absolute atomic E-state index is 12.3. The first-order valence-corrected chi connectivity index (χ1v) is 6.50. The van der Waals surface area contributed by atoms with Gasteiger partial charge in [-0.25, -0.2) is 0 Å². The average Bonchev–Trinajstić information content (AvgIpc) is 2.45. The number of para-hydroxylation sites is 1. The van der Waals surface area contributed by atoms with Crippen molar-refractivity contribution in [1.29, 1.82) is 0 Å². The molecule has 0 N–H and O–H groups in total. The molecule has 2 rings (SSSR count). The fourth-order valence-electron chi connectivity index (χ4n) is 1.78. The number of hydrogen-bond donors (Lipinski definition) is 0. The third-order valence-corrected chi connectivity index (χ3v) is 2.87. The molecule has 0 spiro atoms. The minimum absolute atomic E-state index is 0.116. The van der Waals surface area contributed by atoms with Gasteiger partial charge >= 0.3 is 6.36 Å². The number of nitrogens with zero attached hydrogens (tertiary/aromatic N) is 1. The van der Waals surface area contributed by atoms with Crippen LogP contribution in [0.3, 0.4) is 0 Å². The van der Waals surface area contributed by atoms with E-state index in [9.17, 15) is 13.2 Å². The van der Waals surface area contributed by atoms with Crippen molar-refractivity contribution in [1.82, 2.24) is 0 Å². The van der Waals surface area contributed by atoms with Gasteiger partial charge in [-0.2, -0.15) is 0 Å². The molecule has 0 radical (unpaired) electrons. The lowest BCUT2D eigenvalue weighted by Gasteiger charge is -2.12. The number of oxime groups is 1. The summed E-state index contributed by atoms with van der Waals surface area (Å²) in [7, 11) is 0. The van der Waals surface area contributed by atoms with Gasteiger partial charge in [-0.3, -0.25) is 0 Å². The second kappa shape index (κ2) is 6.98. The van der Waals surface area contributed by atoms with E-state index in [0.29, 0.717) is 0 Å². The number of benzene rings is 2. The summed E-state index contributed by atoms with van der Waals surface area (Å²) in [6, 6.07) is 13.3. The summed E-state index contributed by atoms with van der Waals surface area (Å²) >= 11 is 0. The normalized spacial score (nSPS) is 11.6. The summed E-state index contributed by atoms with van der Waals surface area (Å²) in [4.78, 5) is 5.06. The highest BCUT2D eigenvalue weighted by molar-refractivity contribution is 5.81. The summed E-state index contributed by atoms with van der Waals surface area (Å²) in [5.74, 6) is -0.291. The molecule has 22 heavy (non-hydrogen) atoms. The molecule has 0 aliphatic carbocycles. The van der Waals surface area contributed by atoms with Crippen LogP contribution in [0.5, 0.6) is 5.75 Å². The van der Waals surface area contributed by atoms with Crippen LogP contribution < -0.4 is 4.74 Å². The van der Waals surface area contributed by atoms with Crippen LogP contribution >= 0.6 is 0 Å². The molecular formula is C16H14F3NO2. The van der Waals surface area contributed by atoms with Crippen molar-refractivity contribution in [2.75, 3.05) is 0 Å². The van der Waals surface area contributed by atoms with Gasteiger partial charge < -0.3 is 9.57 Å². The van der Waals surface area contributed by atoms with Crippen LogP contribution in [0.25, 0.3) is 0 Å². The Bertz CT molecular complexity index is 654. The van der Waals surface area contributed by atoms with Crippen LogP contribution in [-0.2, 0) is 11.4 Å². The first kappa shape index (κ1) is 15.9. The van der Waals surface area contributed by atoms with Crippen LogP contribution in [-0.4, -0.2) is 12.6 Å². The smallest absolute Gasteiger partial charge is 0.405 e. The first-order chi connectivity index (χ1) is 10.5. The molecule has 0 atom stereocenters. The summed E-state index contributed by atoms with van der Waals surface area (Å²) in [6.45, 7) is 1.81. The molecule has 0 unspecified atom stereocenters. The molecule has 2 aromatic carbocycles. The molecule has 0 aliphatic heterocycles. The lowest BCUT2D eigenvalue weighted by molar-refractivity contribution is -0.275. The molecule has 0 saturated carbocycles. The molecule has 0 saturated heterocycles. The Labute approximate surface area is 126 Å². The van der Waals surface area contributed by atoms with Gasteiger partial charge in [0.2, 0.25) is 0 Å². The Balaban J connectivity index is 1.99. The number of halogens is 3. The van der Waals surface area contributed by atoms with Crippen molar-refractivity contribution in [2.45, 2.75) is 19.9 Å². The predicted molar refractivity (Wildman–Crippen MR) is 76.7 cm³/mol. The van der Waals surface area contributed by atoms with E-state index >= 15 is 0 Å². The molecule has 3 nitrogen and oxygen atoms in total. The zero-order chi connectivity index (χ0) is 16.0. The maximum atomic E-state index is 12.3. The number of alkyl halides is 3. The van der Waals surface area contributed by atoms with Crippen LogP contribution in [0, 0.1) is 6.92 Å². The lowest BCUT2D eigenvalue weighted by Crippen LogP contribution is -2.18. The highest BCUT2D eigenvalue weighted by atomic mass is 19.4. The summed E-state index contributed by atoms with van der Waals surface area (Å²) in [5.41, 5.74) is 2.17. The second-order valence-electron chi connectivity index (χ2n) is 4.52. The molecule has 2 aromatic rings. The van der Waals surface area contributed by atoms with E-state index in [1.165, 1.54) is 24.4 Å². The highest BCUT2D eigenvalue weighted by Gasteiger charge is 2.32. The van der Waals surface area contributed by atoms with Gasteiger partial charge in [0.1, 0.15) is 12.4 Å². The largest absolute Gasteiger partial charge is 0.573 e. The summed E-state index contributed by atoms with van der Waals surface area (Å²) in [5, 5.41) is 3.77. The minimum Gasteiger partial charge on any atom is -0.405 e. The predicted octanol–water partition coefficient (Wildman–Crippen LogP) is 4.44. The van der Waals surface area contributed by atoms with E-state index in [4.69, 9.17) is 4.84 Å².